The van der Waals surface area contributed by atoms with Crippen LogP contribution in [0.5, 0.6) is 0 Å². The monoisotopic (exact) mass is 305 g/mol. The fraction of sp³-hybridized carbons (Fsp3) is 0.200. The molecule has 0 aliphatic rings. The molecule has 0 unspecified atom stereocenters. The summed E-state index contributed by atoms with van der Waals surface area (Å²) < 4.78 is 24.6. The lowest BCUT2D eigenvalue weighted by Crippen LogP contribution is -2.11. The van der Waals surface area contributed by atoms with Crippen molar-refractivity contribution >= 4 is 15.8 Å². The SMILES string of the molecule is Cc1ccc(S(=O)(=O)CCc2cccnc2)cc1C(=O)O. The second-order valence-electron chi connectivity index (χ2n) is 4.71. The Balaban J connectivity index is 2.24. The third-order valence-corrected chi connectivity index (χ3v) is 4.89. The summed E-state index contributed by atoms with van der Waals surface area (Å²) in [5, 5.41) is 9.06. The summed E-state index contributed by atoms with van der Waals surface area (Å²) in [7, 11) is -3.52. The number of carbonyl (C=O) groups is 1. The van der Waals surface area contributed by atoms with Crippen molar-refractivity contribution in [1.82, 2.24) is 4.98 Å². The highest BCUT2D eigenvalue weighted by Crippen LogP contribution is 2.18. The van der Waals surface area contributed by atoms with Gasteiger partial charge in [-0.05, 0) is 42.7 Å². The Hall–Kier alpha value is -2.21. The van der Waals surface area contributed by atoms with E-state index in [1.165, 1.54) is 18.2 Å². The van der Waals surface area contributed by atoms with Crippen molar-refractivity contribution in [3.05, 3.63) is 59.4 Å². The van der Waals surface area contributed by atoms with Gasteiger partial charge < -0.3 is 5.11 Å². The molecule has 0 saturated carbocycles. The second kappa shape index (κ2) is 6.05. The predicted molar refractivity (Wildman–Crippen MR) is 78.1 cm³/mol. The zero-order valence-corrected chi connectivity index (χ0v) is 12.3. The largest absolute Gasteiger partial charge is 0.478 e. The van der Waals surface area contributed by atoms with Crippen LogP contribution in [0, 0.1) is 6.92 Å². The first kappa shape index (κ1) is 15.2. The van der Waals surface area contributed by atoms with Crippen molar-refractivity contribution in [2.24, 2.45) is 0 Å². The number of aromatic carboxylic acids is 1. The molecule has 1 aromatic heterocycles. The van der Waals surface area contributed by atoms with Gasteiger partial charge in [0, 0.05) is 12.4 Å². The van der Waals surface area contributed by atoms with Gasteiger partial charge in [-0.15, -0.1) is 0 Å². The van der Waals surface area contributed by atoms with Gasteiger partial charge in [-0.1, -0.05) is 12.1 Å². The summed E-state index contributed by atoms with van der Waals surface area (Å²) in [5.41, 5.74) is 1.37. The number of nitrogens with zero attached hydrogens (tertiary/aromatic N) is 1. The molecule has 21 heavy (non-hydrogen) atoms. The standard InChI is InChI=1S/C15H15NO4S/c1-11-4-5-13(9-14(11)15(17)18)21(19,20)8-6-12-3-2-7-16-10-12/h2-5,7,9-10H,6,8H2,1H3,(H,17,18). The van der Waals surface area contributed by atoms with Crippen LogP contribution in [0.3, 0.4) is 0 Å². The minimum absolute atomic E-state index is 0.0115. The molecule has 0 fully saturated rings. The predicted octanol–water partition coefficient (Wildman–Crippen LogP) is 2.10. The number of rotatable bonds is 5. The highest BCUT2D eigenvalue weighted by molar-refractivity contribution is 7.91. The first-order chi connectivity index (χ1) is 9.90. The molecular formula is C15H15NO4S. The number of pyridine rings is 1. The van der Waals surface area contributed by atoms with E-state index < -0.39 is 15.8 Å². The maximum absolute atomic E-state index is 12.3. The summed E-state index contributed by atoms with van der Waals surface area (Å²) in [4.78, 5) is 15.0. The van der Waals surface area contributed by atoms with Crippen molar-refractivity contribution in [1.29, 1.82) is 0 Å². The van der Waals surface area contributed by atoms with E-state index in [0.29, 0.717) is 12.0 Å². The van der Waals surface area contributed by atoms with Crippen LogP contribution < -0.4 is 0 Å². The van der Waals surface area contributed by atoms with Gasteiger partial charge in [-0.3, -0.25) is 4.98 Å². The molecule has 6 heteroatoms. The Morgan fingerprint density at radius 1 is 1.29 bits per heavy atom. The maximum Gasteiger partial charge on any atom is 0.335 e. The molecule has 2 aromatic rings. The molecule has 1 heterocycles. The van der Waals surface area contributed by atoms with Gasteiger partial charge in [0.15, 0.2) is 9.84 Å². The van der Waals surface area contributed by atoms with Gasteiger partial charge in [0.1, 0.15) is 0 Å². The van der Waals surface area contributed by atoms with E-state index in [1.807, 2.05) is 0 Å². The molecule has 0 atom stereocenters. The molecule has 0 aliphatic heterocycles. The van der Waals surface area contributed by atoms with Gasteiger partial charge in [-0.2, -0.15) is 0 Å². The Morgan fingerprint density at radius 3 is 2.67 bits per heavy atom. The topological polar surface area (TPSA) is 84.3 Å². The van der Waals surface area contributed by atoms with E-state index in [1.54, 1.807) is 31.5 Å². The smallest absolute Gasteiger partial charge is 0.335 e. The van der Waals surface area contributed by atoms with E-state index in [-0.39, 0.29) is 16.2 Å². The molecule has 1 aromatic carbocycles. The Kier molecular flexibility index (Phi) is 4.37. The fourth-order valence-corrected chi connectivity index (χ4v) is 3.25. The molecule has 0 amide bonds. The third kappa shape index (κ3) is 3.66. The lowest BCUT2D eigenvalue weighted by molar-refractivity contribution is 0.0696. The number of aryl methyl sites for hydroxylation is 2. The van der Waals surface area contributed by atoms with Gasteiger partial charge in [-0.25, -0.2) is 13.2 Å². The Bertz CT molecular complexity index is 754. The van der Waals surface area contributed by atoms with Crippen LogP contribution in [0.25, 0.3) is 0 Å². The van der Waals surface area contributed by atoms with Crippen LogP contribution in [0.2, 0.25) is 0 Å². The van der Waals surface area contributed by atoms with Crippen molar-refractivity contribution in [2.75, 3.05) is 5.75 Å². The average Bonchev–Trinajstić information content (AvgIpc) is 2.46. The molecule has 110 valence electrons. The highest BCUT2D eigenvalue weighted by Gasteiger charge is 2.18. The number of benzene rings is 1. The van der Waals surface area contributed by atoms with Crippen LogP contribution in [0.1, 0.15) is 21.5 Å². The van der Waals surface area contributed by atoms with Crippen LogP contribution >= 0.6 is 0 Å². The third-order valence-electron chi connectivity index (χ3n) is 3.18. The van der Waals surface area contributed by atoms with Crippen molar-refractivity contribution in [3.63, 3.8) is 0 Å². The quantitative estimate of drug-likeness (QED) is 0.914. The number of hydrogen-bond donors (Lipinski definition) is 1. The minimum Gasteiger partial charge on any atom is -0.478 e. The average molecular weight is 305 g/mol. The van der Waals surface area contributed by atoms with Crippen molar-refractivity contribution in [2.45, 2.75) is 18.2 Å². The number of aromatic nitrogens is 1. The van der Waals surface area contributed by atoms with Crippen molar-refractivity contribution < 1.29 is 18.3 Å². The summed E-state index contributed by atoms with van der Waals surface area (Å²) in [6.45, 7) is 1.63. The van der Waals surface area contributed by atoms with Crippen LogP contribution in [-0.4, -0.2) is 30.2 Å². The van der Waals surface area contributed by atoms with E-state index >= 15 is 0 Å². The maximum atomic E-state index is 12.3. The van der Waals surface area contributed by atoms with E-state index in [2.05, 4.69) is 4.98 Å². The van der Waals surface area contributed by atoms with Gasteiger partial charge in [0.25, 0.3) is 0 Å². The number of hydrogen-bond acceptors (Lipinski definition) is 4. The van der Waals surface area contributed by atoms with Gasteiger partial charge >= 0.3 is 5.97 Å². The van der Waals surface area contributed by atoms with Crippen LogP contribution in [-0.2, 0) is 16.3 Å². The molecular weight excluding hydrogens is 290 g/mol. The molecule has 0 spiro atoms. The molecule has 0 saturated heterocycles. The van der Waals surface area contributed by atoms with Crippen molar-refractivity contribution in [3.8, 4) is 0 Å². The number of sulfone groups is 1. The second-order valence-corrected chi connectivity index (χ2v) is 6.82. The first-order valence-electron chi connectivity index (χ1n) is 6.36. The van der Waals surface area contributed by atoms with E-state index in [4.69, 9.17) is 5.11 Å². The summed E-state index contributed by atoms with van der Waals surface area (Å²) in [6, 6.07) is 7.73. The Morgan fingerprint density at radius 2 is 2.05 bits per heavy atom. The summed E-state index contributed by atoms with van der Waals surface area (Å²) >= 11 is 0. The lowest BCUT2D eigenvalue weighted by atomic mass is 10.1. The Labute approximate surface area is 123 Å². The minimum atomic E-state index is -3.52. The molecule has 1 N–H and O–H groups in total. The number of carboxylic acid groups (broad SMARTS) is 1. The summed E-state index contributed by atoms with van der Waals surface area (Å²) in [5.74, 6) is -1.21. The van der Waals surface area contributed by atoms with E-state index in [9.17, 15) is 13.2 Å². The highest BCUT2D eigenvalue weighted by atomic mass is 32.2. The van der Waals surface area contributed by atoms with Crippen LogP contribution in [0.4, 0.5) is 0 Å². The van der Waals surface area contributed by atoms with Gasteiger partial charge in [0.2, 0.25) is 0 Å². The molecule has 0 aliphatic carbocycles. The lowest BCUT2D eigenvalue weighted by Gasteiger charge is -2.07. The number of carboxylic acids is 1. The van der Waals surface area contributed by atoms with E-state index in [0.717, 1.165) is 5.56 Å². The molecule has 0 bridgehead atoms. The fourth-order valence-electron chi connectivity index (χ4n) is 1.94. The molecule has 2 rings (SSSR count). The van der Waals surface area contributed by atoms with Crippen LogP contribution in [0.15, 0.2) is 47.6 Å². The normalized spacial score (nSPS) is 11.3. The molecule has 0 radical (unpaired) electrons. The molecule has 5 nitrogen and oxygen atoms in total. The zero-order valence-electron chi connectivity index (χ0n) is 11.5. The first-order valence-corrected chi connectivity index (χ1v) is 8.01. The zero-order chi connectivity index (χ0) is 15.5. The summed E-state index contributed by atoms with van der Waals surface area (Å²) in [6.07, 6.45) is 3.58. The van der Waals surface area contributed by atoms with Gasteiger partial charge in [0.05, 0.1) is 16.2 Å².